The molecular formula is C16H18N4O6. The van der Waals surface area contributed by atoms with E-state index < -0.39 is 16.7 Å². The van der Waals surface area contributed by atoms with E-state index in [1.807, 2.05) is 0 Å². The van der Waals surface area contributed by atoms with Crippen molar-refractivity contribution in [3.8, 4) is 11.8 Å². The molecule has 1 aliphatic carbocycles. The smallest absolute Gasteiger partial charge is 0.433 e. The molecule has 1 fully saturated rings. The second-order valence-electron chi connectivity index (χ2n) is 5.83. The summed E-state index contributed by atoms with van der Waals surface area (Å²) in [4.78, 5) is 30.2. The van der Waals surface area contributed by atoms with Gasteiger partial charge in [0.2, 0.25) is 0 Å². The fraction of sp³-hybridized carbons (Fsp3) is 0.438. The number of carbonyl (C=O) groups is 1. The Morgan fingerprint density at radius 1 is 1.23 bits per heavy atom. The van der Waals surface area contributed by atoms with Gasteiger partial charge in [0.25, 0.3) is 17.7 Å². The number of rotatable bonds is 6. The lowest BCUT2D eigenvalue weighted by Crippen LogP contribution is -2.39. The maximum atomic E-state index is 12.1. The highest BCUT2D eigenvalue weighted by atomic mass is 16.6. The molecule has 0 radical (unpaired) electrons. The van der Waals surface area contributed by atoms with Gasteiger partial charge in [0.15, 0.2) is 5.76 Å². The molecule has 1 aliphatic rings. The average molecular weight is 362 g/mol. The molecule has 0 unspecified atom stereocenters. The number of methoxy groups -OCH3 is 1. The number of carbonyl (C=O) groups excluding carboxylic acids is 1. The molecule has 2 aromatic rings. The molecule has 0 aliphatic heterocycles. The lowest BCUT2D eigenvalue weighted by molar-refractivity contribution is -0.402. The van der Waals surface area contributed by atoms with E-state index in [-0.39, 0.29) is 17.9 Å². The highest BCUT2D eigenvalue weighted by Crippen LogP contribution is 2.27. The van der Waals surface area contributed by atoms with Gasteiger partial charge in [0.05, 0.1) is 13.2 Å². The number of hydrogen-bond donors (Lipinski definition) is 1. The summed E-state index contributed by atoms with van der Waals surface area (Å²) in [5, 5.41) is 13.4. The molecular weight excluding hydrogens is 344 g/mol. The van der Waals surface area contributed by atoms with Crippen molar-refractivity contribution in [2.75, 3.05) is 7.11 Å². The third-order valence-corrected chi connectivity index (χ3v) is 4.11. The predicted octanol–water partition coefficient (Wildman–Crippen LogP) is 2.11. The second kappa shape index (κ2) is 7.81. The zero-order valence-electron chi connectivity index (χ0n) is 14.1. The van der Waals surface area contributed by atoms with Gasteiger partial charge in [-0.25, -0.2) is 9.97 Å². The van der Waals surface area contributed by atoms with Gasteiger partial charge in [-0.15, -0.1) is 0 Å². The number of amides is 1. The van der Waals surface area contributed by atoms with Crippen LogP contribution in [0.3, 0.4) is 0 Å². The Bertz CT molecular complexity index is 785. The Balaban J connectivity index is 1.50. The van der Waals surface area contributed by atoms with Crippen molar-refractivity contribution in [3.63, 3.8) is 0 Å². The lowest BCUT2D eigenvalue weighted by atomic mass is 9.93. The fourth-order valence-corrected chi connectivity index (χ4v) is 2.82. The summed E-state index contributed by atoms with van der Waals surface area (Å²) in [5.41, 5.74) is 0. The van der Waals surface area contributed by atoms with E-state index in [0.29, 0.717) is 24.6 Å². The standard InChI is InChI=1S/C16H18N4O6/c1-24-15-16(18-9-8-17-15)25-11-4-2-10(3-5-11)19-14(21)12-6-7-13(26-12)20(22)23/h6-11H,2-5H2,1H3,(H,19,21). The Hall–Kier alpha value is -3.17. The van der Waals surface area contributed by atoms with E-state index in [1.54, 1.807) is 0 Å². The van der Waals surface area contributed by atoms with Crippen molar-refractivity contribution in [2.24, 2.45) is 0 Å². The number of hydrogen-bond acceptors (Lipinski definition) is 8. The number of nitro groups is 1. The van der Waals surface area contributed by atoms with E-state index in [2.05, 4.69) is 15.3 Å². The molecule has 1 saturated carbocycles. The maximum absolute atomic E-state index is 12.1. The van der Waals surface area contributed by atoms with Crippen molar-refractivity contribution in [1.29, 1.82) is 0 Å². The number of nitrogens with zero attached hydrogens (tertiary/aromatic N) is 3. The molecule has 0 atom stereocenters. The molecule has 10 nitrogen and oxygen atoms in total. The van der Waals surface area contributed by atoms with Crippen LogP contribution >= 0.6 is 0 Å². The van der Waals surface area contributed by atoms with Gasteiger partial charge in [0.1, 0.15) is 11.0 Å². The van der Waals surface area contributed by atoms with Gasteiger partial charge in [0, 0.05) is 18.4 Å². The molecule has 26 heavy (non-hydrogen) atoms. The van der Waals surface area contributed by atoms with E-state index in [1.165, 1.54) is 25.6 Å². The van der Waals surface area contributed by atoms with Crippen LogP contribution in [0.2, 0.25) is 0 Å². The van der Waals surface area contributed by atoms with Crippen LogP contribution in [0.25, 0.3) is 0 Å². The van der Waals surface area contributed by atoms with Gasteiger partial charge >= 0.3 is 5.88 Å². The maximum Gasteiger partial charge on any atom is 0.433 e. The first kappa shape index (κ1) is 17.6. The lowest BCUT2D eigenvalue weighted by Gasteiger charge is -2.29. The predicted molar refractivity (Wildman–Crippen MR) is 88.1 cm³/mol. The first-order chi connectivity index (χ1) is 12.6. The Kier molecular flexibility index (Phi) is 5.30. The molecule has 1 N–H and O–H groups in total. The van der Waals surface area contributed by atoms with Crippen LogP contribution in [-0.4, -0.2) is 40.1 Å². The van der Waals surface area contributed by atoms with Gasteiger partial charge < -0.3 is 19.2 Å². The topological polar surface area (TPSA) is 130 Å². The fourth-order valence-electron chi connectivity index (χ4n) is 2.82. The first-order valence-electron chi connectivity index (χ1n) is 8.13. The molecule has 0 bridgehead atoms. The largest absolute Gasteiger partial charge is 0.477 e. The third-order valence-electron chi connectivity index (χ3n) is 4.11. The molecule has 3 rings (SSSR count). The average Bonchev–Trinajstić information content (AvgIpc) is 3.14. The van der Waals surface area contributed by atoms with Gasteiger partial charge in [-0.05, 0) is 31.7 Å². The van der Waals surface area contributed by atoms with Crippen LogP contribution in [0.5, 0.6) is 11.8 Å². The molecule has 0 saturated heterocycles. The van der Waals surface area contributed by atoms with E-state index in [0.717, 1.165) is 18.9 Å². The molecule has 2 aromatic heterocycles. The number of aromatic nitrogens is 2. The Morgan fingerprint density at radius 3 is 2.54 bits per heavy atom. The van der Waals surface area contributed by atoms with Crippen LogP contribution in [0.1, 0.15) is 36.2 Å². The molecule has 138 valence electrons. The minimum atomic E-state index is -0.680. The van der Waals surface area contributed by atoms with Crippen molar-refractivity contribution < 1.29 is 23.6 Å². The van der Waals surface area contributed by atoms with Crippen LogP contribution in [-0.2, 0) is 0 Å². The van der Waals surface area contributed by atoms with E-state index >= 15 is 0 Å². The van der Waals surface area contributed by atoms with Crippen molar-refractivity contribution in [2.45, 2.75) is 37.8 Å². The highest BCUT2D eigenvalue weighted by molar-refractivity contribution is 5.91. The van der Waals surface area contributed by atoms with Gasteiger partial charge in [-0.1, -0.05) is 0 Å². The third kappa shape index (κ3) is 4.08. The second-order valence-corrected chi connectivity index (χ2v) is 5.83. The Morgan fingerprint density at radius 2 is 1.92 bits per heavy atom. The SMILES string of the molecule is COc1nccnc1OC1CCC(NC(=O)c2ccc([N+](=O)[O-])o2)CC1. The van der Waals surface area contributed by atoms with Gasteiger partial charge in [-0.2, -0.15) is 0 Å². The molecule has 2 heterocycles. The molecule has 1 amide bonds. The summed E-state index contributed by atoms with van der Waals surface area (Å²) in [7, 11) is 1.50. The monoisotopic (exact) mass is 362 g/mol. The zero-order valence-corrected chi connectivity index (χ0v) is 14.1. The number of ether oxygens (including phenoxy) is 2. The van der Waals surface area contributed by atoms with Gasteiger partial charge in [-0.3, -0.25) is 14.9 Å². The quantitative estimate of drug-likeness (QED) is 0.611. The van der Waals surface area contributed by atoms with E-state index in [4.69, 9.17) is 13.9 Å². The zero-order chi connectivity index (χ0) is 18.5. The number of furan rings is 1. The Labute approximate surface area is 148 Å². The first-order valence-corrected chi connectivity index (χ1v) is 8.13. The van der Waals surface area contributed by atoms with Crippen molar-refractivity contribution in [1.82, 2.24) is 15.3 Å². The molecule has 0 aromatic carbocycles. The molecule has 0 spiro atoms. The minimum Gasteiger partial charge on any atom is -0.477 e. The summed E-state index contributed by atoms with van der Waals surface area (Å²) in [6.45, 7) is 0. The van der Waals surface area contributed by atoms with E-state index in [9.17, 15) is 14.9 Å². The molecule has 10 heteroatoms. The summed E-state index contributed by atoms with van der Waals surface area (Å²) in [6.07, 6.45) is 5.89. The number of nitrogens with one attached hydrogen (secondary N) is 1. The summed E-state index contributed by atoms with van der Waals surface area (Å²) in [6, 6.07) is 2.41. The van der Waals surface area contributed by atoms with Crippen LogP contribution in [0.4, 0.5) is 5.88 Å². The summed E-state index contributed by atoms with van der Waals surface area (Å²) >= 11 is 0. The summed E-state index contributed by atoms with van der Waals surface area (Å²) in [5.74, 6) is -0.296. The van der Waals surface area contributed by atoms with Crippen LogP contribution in [0, 0.1) is 10.1 Å². The van der Waals surface area contributed by atoms with Crippen molar-refractivity contribution >= 4 is 11.8 Å². The highest BCUT2D eigenvalue weighted by Gasteiger charge is 2.26. The minimum absolute atomic E-state index is 0.0431. The van der Waals surface area contributed by atoms with Crippen LogP contribution < -0.4 is 14.8 Å². The summed E-state index contributed by atoms with van der Waals surface area (Å²) < 4.78 is 15.9. The van der Waals surface area contributed by atoms with Crippen LogP contribution in [0.15, 0.2) is 28.9 Å². The van der Waals surface area contributed by atoms with Crippen molar-refractivity contribution in [3.05, 3.63) is 40.4 Å². The normalized spacial score (nSPS) is 19.6.